The predicted octanol–water partition coefficient (Wildman–Crippen LogP) is 2.14. The first-order chi connectivity index (χ1) is 18.3. The maximum absolute atomic E-state index is 13.6. The molecule has 2 aliphatic rings. The number of aryl methyl sites for hydroxylation is 1. The molecule has 3 aromatic rings. The van der Waals surface area contributed by atoms with Crippen LogP contribution in [0, 0.1) is 6.92 Å². The highest BCUT2D eigenvalue weighted by atomic mass is 32.2. The molecule has 3 heterocycles. The monoisotopic (exact) mass is 544 g/mol. The third-order valence-electron chi connectivity index (χ3n) is 7.47. The highest BCUT2D eigenvalue weighted by molar-refractivity contribution is 7.89. The first kappa shape index (κ1) is 26.8. The SMILES string of the molecule is CCCOc1ccc(S(=O)(=O)N2CCN(CCO)CC2)cc1-c1nn2c(C3CCCC3)nc(C)c2c(=O)[nH]1. The average molecular weight is 545 g/mol. The van der Waals surface area contributed by atoms with E-state index in [1.165, 1.54) is 4.31 Å². The molecule has 0 spiro atoms. The Morgan fingerprint density at radius 3 is 2.58 bits per heavy atom. The third kappa shape index (κ3) is 5.09. The van der Waals surface area contributed by atoms with Gasteiger partial charge in [0, 0.05) is 38.6 Å². The van der Waals surface area contributed by atoms with Crippen LogP contribution >= 0.6 is 0 Å². The van der Waals surface area contributed by atoms with Crippen molar-refractivity contribution in [3.05, 3.63) is 40.1 Å². The number of sulfonamides is 1. The Bertz CT molecular complexity index is 1450. The van der Waals surface area contributed by atoms with E-state index in [1.807, 2.05) is 18.7 Å². The van der Waals surface area contributed by atoms with Crippen molar-refractivity contribution in [3.8, 4) is 17.1 Å². The average Bonchev–Trinajstić information content (AvgIpc) is 3.56. The number of aliphatic hydroxyl groups excluding tert-OH is 1. The number of aromatic amines is 1. The number of aliphatic hydroxyl groups is 1. The number of benzene rings is 1. The van der Waals surface area contributed by atoms with Crippen LogP contribution in [-0.4, -0.2) is 88.2 Å². The number of hydrogen-bond acceptors (Lipinski definition) is 8. The normalized spacial score (nSPS) is 18.0. The molecule has 0 atom stereocenters. The van der Waals surface area contributed by atoms with Crippen LogP contribution in [0.25, 0.3) is 16.9 Å². The Hall–Kier alpha value is -2.80. The van der Waals surface area contributed by atoms with E-state index in [1.54, 1.807) is 22.7 Å². The van der Waals surface area contributed by atoms with Gasteiger partial charge in [0.2, 0.25) is 10.0 Å². The maximum atomic E-state index is 13.6. The molecule has 2 fully saturated rings. The summed E-state index contributed by atoms with van der Waals surface area (Å²) >= 11 is 0. The van der Waals surface area contributed by atoms with Crippen LogP contribution in [0.3, 0.4) is 0 Å². The van der Waals surface area contributed by atoms with E-state index in [4.69, 9.17) is 14.8 Å². The van der Waals surface area contributed by atoms with E-state index >= 15 is 0 Å². The number of fused-ring (bicyclic) bond motifs is 1. The van der Waals surface area contributed by atoms with E-state index < -0.39 is 10.0 Å². The summed E-state index contributed by atoms with van der Waals surface area (Å²) in [4.78, 5) is 22.9. The Morgan fingerprint density at radius 1 is 1.16 bits per heavy atom. The fourth-order valence-corrected chi connectivity index (χ4v) is 6.89. The zero-order valence-electron chi connectivity index (χ0n) is 22.0. The van der Waals surface area contributed by atoms with E-state index in [9.17, 15) is 18.3 Å². The van der Waals surface area contributed by atoms with Crippen molar-refractivity contribution < 1.29 is 18.3 Å². The van der Waals surface area contributed by atoms with Crippen LogP contribution in [0.2, 0.25) is 0 Å². The number of imidazole rings is 1. The highest BCUT2D eigenvalue weighted by Gasteiger charge is 2.30. The van der Waals surface area contributed by atoms with Gasteiger partial charge in [0.1, 0.15) is 11.6 Å². The van der Waals surface area contributed by atoms with Crippen LogP contribution in [0.4, 0.5) is 0 Å². The number of β-amino-alcohol motifs (C(OH)–C–C–N with tert-alkyl or cyclic N) is 1. The second-order valence-corrected chi connectivity index (χ2v) is 12.0. The quantitative estimate of drug-likeness (QED) is 0.419. The van der Waals surface area contributed by atoms with Crippen LogP contribution in [-0.2, 0) is 10.0 Å². The van der Waals surface area contributed by atoms with Gasteiger partial charge in [-0.1, -0.05) is 19.8 Å². The second kappa shape index (κ2) is 11.1. The van der Waals surface area contributed by atoms with Crippen molar-refractivity contribution in [2.75, 3.05) is 45.9 Å². The summed E-state index contributed by atoms with van der Waals surface area (Å²) in [6.07, 6.45) is 5.03. The highest BCUT2D eigenvalue weighted by Crippen LogP contribution is 2.35. The molecule has 1 saturated carbocycles. The van der Waals surface area contributed by atoms with Gasteiger partial charge in [-0.2, -0.15) is 4.31 Å². The minimum Gasteiger partial charge on any atom is -0.493 e. The van der Waals surface area contributed by atoms with Crippen molar-refractivity contribution in [3.63, 3.8) is 0 Å². The lowest BCUT2D eigenvalue weighted by molar-refractivity contribution is 0.151. The molecule has 0 unspecified atom stereocenters. The number of piperazine rings is 1. The Morgan fingerprint density at radius 2 is 1.89 bits per heavy atom. The summed E-state index contributed by atoms with van der Waals surface area (Å²) in [7, 11) is -3.79. The standard InChI is InChI=1S/C26H36N6O5S/c1-3-16-37-22-9-8-20(38(35,36)31-12-10-30(11-13-31)14-15-33)17-21(22)24-28-26(34)23-18(2)27-25(32(23)29-24)19-6-4-5-7-19/h8-9,17,19,33H,3-7,10-16H2,1-2H3,(H,28,29,34). The summed E-state index contributed by atoms with van der Waals surface area (Å²) in [6, 6.07) is 4.73. The number of aromatic nitrogens is 4. The fraction of sp³-hybridized carbons (Fsp3) is 0.577. The van der Waals surface area contributed by atoms with Gasteiger partial charge in [-0.25, -0.2) is 17.9 Å². The number of rotatable bonds is 9. The van der Waals surface area contributed by atoms with E-state index in [2.05, 4.69) is 4.98 Å². The predicted molar refractivity (Wildman–Crippen MR) is 143 cm³/mol. The zero-order chi connectivity index (χ0) is 26.9. The number of nitrogens with one attached hydrogen (secondary N) is 1. The molecule has 206 valence electrons. The summed E-state index contributed by atoms with van der Waals surface area (Å²) in [5, 5.41) is 14.0. The Kier molecular flexibility index (Phi) is 7.85. The topological polar surface area (TPSA) is 133 Å². The van der Waals surface area contributed by atoms with Gasteiger partial charge in [0.05, 0.1) is 29.4 Å². The van der Waals surface area contributed by atoms with Crippen LogP contribution in [0.5, 0.6) is 5.75 Å². The first-order valence-electron chi connectivity index (χ1n) is 13.4. The lowest BCUT2D eigenvalue weighted by Crippen LogP contribution is -2.49. The molecule has 0 radical (unpaired) electrons. The minimum atomic E-state index is -3.79. The van der Waals surface area contributed by atoms with Gasteiger partial charge < -0.3 is 14.8 Å². The third-order valence-corrected chi connectivity index (χ3v) is 9.37. The van der Waals surface area contributed by atoms with Gasteiger partial charge in [-0.05, 0) is 44.4 Å². The minimum absolute atomic E-state index is 0.0454. The number of ether oxygens (including phenoxy) is 1. The molecule has 5 rings (SSSR count). The molecule has 1 aliphatic carbocycles. The fourth-order valence-electron chi connectivity index (χ4n) is 5.44. The van der Waals surface area contributed by atoms with Gasteiger partial charge in [-0.3, -0.25) is 9.69 Å². The molecule has 2 aromatic heterocycles. The molecule has 11 nitrogen and oxygen atoms in total. The van der Waals surface area contributed by atoms with Gasteiger partial charge in [0.25, 0.3) is 5.56 Å². The van der Waals surface area contributed by atoms with Gasteiger partial charge in [0.15, 0.2) is 11.3 Å². The van der Waals surface area contributed by atoms with Crippen LogP contribution < -0.4 is 10.3 Å². The number of nitrogens with zero attached hydrogens (tertiary/aromatic N) is 5. The van der Waals surface area contributed by atoms with Gasteiger partial charge in [-0.15, -0.1) is 5.10 Å². The van der Waals surface area contributed by atoms with Crippen molar-refractivity contribution in [1.29, 1.82) is 0 Å². The first-order valence-corrected chi connectivity index (χ1v) is 14.9. The molecule has 12 heteroatoms. The van der Waals surface area contributed by atoms with Crippen LogP contribution in [0.15, 0.2) is 27.9 Å². The largest absolute Gasteiger partial charge is 0.493 e. The Balaban J connectivity index is 1.57. The smallest absolute Gasteiger partial charge is 0.277 e. The van der Waals surface area contributed by atoms with Crippen molar-refractivity contribution in [2.24, 2.45) is 0 Å². The summed E-state index contributed by atoms with van der Waals surface area (Å²) in [5.41, 5.74) is 1.14. The molecule has 1 aliphatic heterocycles. The molecule has 0 bridgehead atoms. The summed E-state index contributed by atoms with van der Waals surface area (Å²) in [5.74, 6) is 1.73. The number of hydrogen-bond donors (Lipinski definition) is 2. The molecular weight excluding hydrogens is 508 g/mol. The number of H-pyrrole nitrogens is 1. The van der Waals surface area contributed by atoms with Crippen molar-refractivity contribution >= 4 is 15.5 Å². The molecule has 1 aromatic carbocycles. The van der Waals surface area contributed by atoms with Crippen LogP contribution in [0.1, 0.15) is 56.5 Å². The molecule has 38 heavy (non-hydrogen) atoms. The van der Waals surface area contributed by atoms with Crippen molar-refractivity contribution in [1.82, 2.24) is 28.8 Å². The summed E-state index contributed by atoms with van der Waals surface area (Å²) < 4.78 is 36.2. The van der Waals surface area contributed by atoms with Crippen molar-refractivity contribution in [2.45, 2.75) is 56.8 Å². The second-order valence-electron chi connectivity index (χ2n) is 10.1. The van der Waals surface area contributed by atoms with Gasteiger partial charge >= 0.3 is 0 Å². The summed E-state index contributed by atoms with van der Waals surface area (Å²) in [6.45, 7) is 6.60. The lowest BCUT2D eigenvalue weighted by Gasteiger charge is -2.33. The van der Waals surface area contributed by atoms with E-state index in [0.717, 1.165) is 37.9 Å². The molecule has 0 amide bonds. The Labute approximate surface area is 222 Å². The molecule has 2 N–H and O–H groups in total. The van der Waals surface area contributed by atoms with E-state index in [0.29, 0.717) is 61.9 Å². The lowest BCUT2D eigenvalue weighted by atomic mass is 10.1. The maximum Gasteiger partial charge on any atom is 0.277 e. The molecular formula is C26H36N6O5S. The van der Waals surface area contributed by atoms with E-state index in [-0.39, 0.29) is 28.8 Å². The molecule has 1 saturated heterocycles. The zero-order valence-corrected chi connectivity index (χ0v) is 22.8.